The van der Waals surface area contributed by atoms with E-state index in [1.165, 1.54) is 36.0 Å². The zero-order valence-electron chi connectivity index (χ0n) is 14.9. The molecule has 27 heavy (non-hydrogen) atoms. The largest absolute Gasteiger partial charge is 0.283 e. The van der Waals surface area contributed by atoms with E-state index in [0.717, 1.165) is 17.7 Å². The Morgan fingerprint density at radius 3 is 2.41 bits per heavy atom. The van der Waals surface area contributed by atoms with Gasteiger partial charge >= 0.3 is 0 Å². The van der Waals surface area contributed by atoms with Crippen LogP contribution >= 0.6 is 0 Å². The van der Waals surface area contributed by atoms with Crippen molar-refractivity contribution in [2.75, 3.05) is 4.72 Å². The molecule has 3 heterocycles. The summed E-state index contributed by atoms with van der Waals surface area (Å²) < 4.78 is 24.6. The van der Waals surface area contributed by atoms with Crippen LogP contribution in [0.4, 0.5) is 5.69 Å². The van der Waals surface area contributed by atoms with Crippen molar-refractivity contribution in [2.45, 2.75) is 37.9 Å². The average Bonchev–Trinajstić information content (AvgIpc) is 3.00. The SMILES string of the molecule is O=C1CCC(c2ccc3c(c2)CCC3)=NN1.O=S1(=O)Cc2ccc(cc2)N1. The highest BCUT2D eigenvalue weighted by molar-refractivity contribution is 7.91. The quantitative estimate of drug-likeness (QED) is 0.794. The lowest BCUT2D eigenvalue weighted by atomic mass is 10.00. The Bertz CT molecular complexity index is 980. The fraction of sp³-hybridized carbons (Fsp3) is 0.300. The molecule has 2 N–H and O–H groups in total. The molecule has 0 saturated heterocycles. The first-order chi connectivity index (χ1) is 13.0. The number of rotatable bonds is 1. The van der Waals surface area contributed by atoms with Gasteiger partial charge in [0.1, 0.15) is 0 Å². The number of hydrogen-bond acceptors (Lipinski definition) is 4. The highest BCUT2D eigenvalue weighted by Gasteiger charge is 2.17. The number of aryl methyl sites for hydroxylation is 2. The average molecular weight is 383 g/mol. The molecule has 140 valence electrons. The molecule has 0 atom stereocenters. The van der Waals surface area contributed by atoms with E-state index in [1.54, 1.807) is 12.1 Å². The van der Waals surface area contributed by atoms with Gasteiger partial charge in [0.15, 0.2) is 0 Å². The third-order valence-electron chi connectivity index (χ3n) is 4.92. The summed E-state index contributed by atoms with van der Waals surface area (Å²) in [4.78, 5) is 11.0. The van der Waals surface area contributed by atoms with Crippen LogP contribution in [0, 0.1) is 0 Å². The molecule has 0 aromatic heterocycles. The standard InChI is InChI=1S/C13H14N2O.C7H7NO2S/c16-13-7-6-12(14-15-13)11-5-4-9-2-1-3-10(9)8-11;9-11(10)5-6-1-3-7(8-11)4-2-6/h4-5,8H,1-3,6-7H2,(H,15,16);1-4,8H,5H2. The fourth-order valence-electron chi connectivity index (χ4n) is 3.54. The maximum atomic E-state index is 11.1. The lowest BCUT2D eigenvalue weighted by Gasteiger charge is -2.13. The zero-order valence-corrected chi connectivity index (χ0v) is 15.7. The summed E-state index contributed by atoms with van der Waals surface area (Å²) in [6, 6.07) is 13.7. The molecule has 0 spiro atoms. The third kappa shape index (κ3) is 4.19. The molecule has 7 heteroatoms. The van der Waals surface area contributed by atoms with Gasteiger partial charge in [0.05, 0.1) is 11.5 Å². The number of carbonyl (C=O) groups excluding carboxylic acids is 1. The summed E-state index contributed by atoms with van der Waals surface area (Å²) in [6.07, 6.45) is 4.96. The van der Waals surface area contributed by atoms with E-state index in [0.29, 0.717) is 12.1 Å². The first-order valence-corrected chi connectivity index (χ1v) is 10.7. The molecule has 0 fully saturated rings. The predicted molar refractivity (Wildman–Crippen MR) is 105 cm³/mol. The van der Waals surface area contributed by atoms with E-state index >= 15 is 0 Å². The van der Waals surface area contributed by atoms with Crippen LogP contribution in [-0.2, 0) is 33.4 Å². The van der Waals surface area contributed by atoms with Gasteiger partial charge < -0.3 is 0 Å². The van der Waals surface area contributed by atoms with Crippen LogP contribution in [0.3, 0.4) is 0 Å². The molecule has 2 aromatic carbocycles. The molecule has 0 radical (unpaired) electrons. The van der Waals surface area contributed by atoms with Crippen molar-refractivity contribution >= 4 is 27.3 Å². The van der Waals surface area contributed by atoms with Crippen molar-refractivity contribution in [1.29, 1.82) is 0 Å². The van der Waals surface area contributed by atoms with Crippen molar-refractivity contribution in [1.82, 2.24) is 5.43 Å². The molecule has 2 aromatic rings. The second-order valence-electron chi connectivity index (χ2n) is 6.99. The topological polar surface area (TPSA) is 87.6 Å². The van der Waals surface area contributed by atoms with Crippen LogP contribution < -0.4 is 10.1 Å². The van der Waals surface area contributed by atoms with Gasteiger partial charge in [-0.25, -0.2) is 13.8 Å². The molecule has 6 rings (SSSR count). The van der Waals surface area contributed by atoms with E-state index in [-0.39, 0.29) is 11.7 Å². The minimum Gasteiger partial charge on any atom is -0.283 e. The molecular formula is C20H21N3O3S. The smallest absolute Gasteiger partial charge is 0.240 e. The van der Waals surface area contributed by atoms with Gasteiger partial charge in [-0.2, -0.15) is 5.10 Å². The Kier molecular flexibility index (Phi) is 4.70. The Labute approximate surface area is 158 Å². The summed E-state index contributed by atoms with van der Waals surface area (Å²) >= 11 is 0. The van der Waals surface area contributed by atoms with Crippen LogP contribution in [0.15, 0.2) is 47.6 Å². The minimum atomic E-state index is -3.10. The van der Waals surface area contributed by atoms with Crippen molar-refractivity contribution < 1.29 is 13.2 Å². The lowest BCUT2D eigenvalue weighted by molar-refractivity contribution is -0.121. The van der Waals surface area contributed by atoms with Crippen molar-refractivity contribution in [3.8, 4) is 0 Å². The second-order valence-corrected chi connectivity index (χ2v) is 8.71. The monoisotopic (exact) mass is 383 g/mol. The van der Waals surface area contributed by atoms with Gasteiger partial charge in [-0.3, -0.25) is 9.52 Å². The molecule has 4 aliphatic rings. The molecule has 1 amide bonds. The molecule has 0 unspecified atom stereocenters. The van der Waals surface area contributed by atoms with E-state index in [9.17, 15) is 13.2 Å². The second kappa shape index (κ2) is 7.15. The van der Waals surface area contributed by atoms with Crippen LogP contribution in [-0.4, -0.2) is 20.0 Å². The van der Waals surface area contributed by atoms with E-state index in [2.05, 4.69) is 33.4 Å². The summed E-state index contributed by atoms with van der Waals surface area (Å²) in [5, 5.41) is 4.12. The van der Waals surface area contributed by atoms with Crippen LogP contribution in [0.25, 0.3) is 0 Å². The van der Waals surface area contributed by atoms with Crippen LogP contribution in [0.5, 0.6) is 0 Å². The van der Waals surface area contributed by atoms with Crippen molar-refractivity contribution in [2.24, 2.45) is 5.10 Å². The Morgan fingerprint density at radius 2 is 1.67 bits per heavy atom. The first kappa shape index (κ1) is 17.7. The number of carbonyl (C=O) groups is 1. The number of fused-ring (bicyclic) bond motifs is 5. The maximum absolute atomic E-state index is 11.1. The molecule has 6 nitrogen and oxygen atoms in total. The van der Waals surface area contributed by atoms with Gasteiger partial charge in [-0.05, 0) is 59.7 Å². The molecule has 0 saturated carbocycles. The van der Waals surface area contributed by atoms with Gasteiger partial charge in [-0.1, -0.05) is 24.3 Å². The number of benzene rings is 2. The zero-order chi connectivity index (χ0) is 18.9. The summed E-state index contributed by atoms with van der Waals surface area (Å²) in [5.74, 6) is 0.105. The highest BCUT2D eigenvalue weighted by Crippen LogP contribution is 2.24. The number of sulfonamides is 1. The van der Waals surface area contributed by atoms with Crippen molar-refractivity contribution in [3.63, 3.8) is 0 Å². The van der Waals surface area contributed by atoms with Gasteiger partial charge in [0.25, 0.3) is 0 Å². The minimum absolute atomic E-state index is 0.0184. The number of hydrazone groups is 1. The van der Waals surface area contributed by atoms with Gasteiger partial charge in [0, 0.05) is 18.5 Å². The number of hydrogen-bond donors (Lipinski definition) is 2. The van der Waals surface area contributed by atoms with E-state index < -0.39 is 10.0 Å². The third-order valence-corrected chi connectivity index (χ3v) is 6.18. The lowest BCUT2D eigenvalue weighted by Crippen LogP contribution is -2.25. The first-order valence-electron chi connectivity index (χ1n) is 9.05. The number of anilines is 1. The number of nitrogens with one attached hydrogen (secondary N) is 2. The highest BCUT2D eigenvalue weighted by atomic mass is 32.2. The predicted octanol–water partition coefficient (Wildman–Crippen LogP) is 2.73. The molecule has 1 aliphatic carbocycles. The number of amides is 1. The summed E-state index contributed by atoms with van der Waals surface area (Å²) in [7, 11) is -3.10. The Balaban J connectivity index is 0.000000143. The van der Waals surface area contributed by atoms with Crippen LogP contribution in [0.2, 0.25) is 0 Å². The summed E-state index contributed by atoms with van der Waals surface area (Å²) in [6.45, 7) is 0. The molecule has 2 bridgehead atoms. The molecule has 3 aliphatic heterocycles. The Hall–Kier alpha value is -2.67. The van der Waals surface area contributed by atoms with Gasteiger partial charge in [0.2, 0.25) is 15.9 Å². The van der Waals surface area contributed by atoms with Crippen LogP contribution in [0.1, 0.15) is 41.5 Å². The molecular weight excluding hydrogens is 362 g/mol. The van der Waals surface area contributed by atoms with E-state index in [1.807, 2.05) is 12.1 Å². The Morgan fingerprint density at radius 1 is 0.889 bits per heavy atom. The fourth-order valence-corrected chi connectivity index (χ4v) is 4.74. The number of nitrogens with zero attached hydrogens (tertiary/aromatic N) is 1. The maximum Gasteiger partial charge on any atom is 0.240 e. The van der Waals surface area contributed by atoms with Gasteiger partial charge in [-0.15, -0.1) is 0 Å². The normalized spacial score (nSPS) is 19.0. The van der Waals surface area contributed by atoms with Crippen molar-refractivity contribution in [3.05, 3.63) is 64.7 Å². The summed E-state index contributed by atoms with van der Waals surface area (Å²) in [5.41, 5.74) is 9.13. The van der Waals surface area contributed by atoms with E-state index in [4.69, 9.17) is 0 Å².